The van der Waals surface area contributed by atoms with Crippen molar-refractivity contribution in [3.8, 4) is 5.75 Å². The number of thiophene rings is 1. The van der Waals surface area contributed by atoms with E-state index < -0.39 is 11.8 Å². The number of hydrogen-bond acceptors (Lipinski definition) is 4. The van der Waals surface area contributed by atoms with Crippen molar-refractivity contribution in [2.45, 2.75) is 0 Å². The Bertz CT molecular complexity index is 1080. The van der Waals surface area contributed by atoms with Crippen LogP contribution in [-0.4, -0.2) is 25.5 Å². The van der Waals surface area contributed by atoms with Crippen molar-refractivity contribution in [3.05, 3.63) is 55.3 Å². The molecule has 2 aromatic carbocycles. The van der Waals surface area contributed by atoms with Crippen molar-refractivity contribution in [2.24, 2.45) is 0 Å². The van der Waals surface area contributed by atoms with Crippen LogP contribution in [0.15, 0.2) is 30.3 Å². The number of ether oxygens (including phenoxy) is 1. The number of carbonyl (C=O) groups is 2. The number of halogens is 4. The largest absolute Gasteiger partial charge is 0.495 e. The number of carbonyl (C=O) groups excluding carboxylic acids is 2. The lowest BCUT2D eigenvalue weighted by molar-refractivity contribution is -0.115. The van der Waals surface area contributed by atoms with E-state index in [4.69, 9.17) is 51.1 Å². The van der Waals surface area contributed by atoms with E-state index in [0.29, 0.717) is 36.6 Å². The van der Waals surface area contributed by atoms with E-state index in [-0.39, 0.29) is 16.4 Å². The second-order valence-electron chi connectivity index (χ2n) is 5.59. The third-order valence-electron chi connectivity index (χ3n) is 3.70. The monoisotopic (exact) mass is 476 g/mol. The zero-order valence-electron chi connectivity index (χ0n) is 14.2. The predicted octanol–water partition coefficient (Wildman–Crippen LogP) is 5.89. The van der Waals surface area contributed by atoms with E-state index in [0.717, 1.165) is 11.3 Å². The number of hydrogen-bond donors (Lipinski definition) is 2. The molecule has 0 aliphatic rings. The van der Waals surface area contributed by atoms with Crippen molar-refractivity contribution in [3.63, 3.8) is 0 Å². The van der Waals surface area contributed by atoms with Gasteiger partial charge in [0.1, 0.15) is 10.6 Å². The Hall–Kier alpha value is -1.70. The summed E-state index contributed by atoms with van der Waals surface area (Å²) in [6, 6.07) is 8.05. The molecule has 0 radical (unpaired) electrons. The molecule has 10 heteroatoms. The van der Waals surface area contributed by atoms with Gasteiger partial charge in [-0.3, -0.25) is 9.59 Å². The van der Waals surface area contributed by atoms with Crippen molar-refractivity contribution in [2.75, 3.05) is 19.0 Å². The van der Waals surface area contributed by atoms with Crippen LogP contribution in [0.5, 0.6) is 5.75 Å². The SMILES string of the molecule is COc1ccc(NC(=O)CNC(=O)c2sc3cc(Cl)cc(Cl)c3c2Cl)cc1Cl. The lowest BCUT2D eigenvalue weighted by Crippen LogP contribution is -2.32. The molecule has 28 heavy (non-hydrogen) atoms. The van der Waals surface area contributed by atoms with E-state index in [9.17, 15) is 9.59 Å². The van der Waals surface area contributed by atoms with Gasteiger partial charge in [0.05, 0.1) is 28.7 Å². The van der Waals surface area contributed by atoms with Crippen LogP contribution >= 0.6 is 57.7 Å². The molecule has 0 fully saturated rings. The minimum Gasteiger partial charge on any atom is -0.495 e. The maximum absolute atomic E-state index is 12.4. The summed E-state index contributed by atoms with van der Waals surface area (Å²) in [5, 5.41) is 7.11. The molecule has 3 rings (SSSR count). The summed E-state index contributed by atoms with van der Waals surface area (Å²) in [4.78, 5) is 24.8. The summed E-state index contributed by atoms with van der Waals surface area (Å²) in [6.45, 7) is -0.248. The number of fused-ring (bicyclic) bond motifs is 1. The molecule has 1 heterocycles. The summed E-state index contributed by atoms with van der Waals surface area (Å²) in [5.74, 6) is -0.416. The van der Waals surface area contributed by atoms with Gasteiger partial charge in [0.2, 0.25) is 5.91 Å². The van der Waals surface area contributed by atoms with E-state index in [2.05, 4.69) is 10.6 Å². The smallest absolute Gasteiger partial charge is 0.263 e. The first kappa shape index (κ1) is 21.0. The Balaban J connectivity index is 1.68. The van der Waals surface area contributed by atoms with Crippen LogP contribution in [0, 0.1) is 0 Å². The first-order valence-corrected chi connectivity index (χ1v) is 10.1. The van der Waals surface area contributed by atoms with Gasteiger partial charge >= 0.3 is 0 Å². The Morgan fingerprint density at radius 1 is 1.07 bits per heavy atom. The molecule has 0 aliphatic carbocycles. The van der Waals surface area contributed by atoms with Crippen LogP contribution in [0.25, 0.3) is 10.1 Å². The molecular formula is C18H12Cl4N2O3S. The standard InChI is InChI=1S/C18H12Cl4N2O3S/c1-27-12-3-2-9(6-10(12)20)24-14(25)7-23-18(26)17-16(22)15-11(21)4-8(19)5-13(15)28-17/h2-6H,7H2,1H3,(H,23,26)(H,24,25). The highest BCUT2D eigenvalue weighted by Crippen LogP contribution is 2.41. The second-order valence-corrected chi connectivity index (χ2v) is 8.27. The highest BCUT2D eigenvalue weighted by atomic mass is 35.5. The number of amides is 2. The molecule has 2 N–H and O–H groups in total. The molecule has 146 valence electrons. The van der Waals surface area contributed by atoms with Crippen LogP contribution in [0.3, 0.4) is 0 Å². The number of methoxy groups -OCH3 is 1. The van der Waals surface area contributed by atoms with Gasteiger partial charge in [-0.25, -0.2) is 0 Å². The quantitative estimate of drug-likeness (QED) is 0.481. The highest BCUT2D eigenvalue weighted by Gasteiger charge is 2.20. The molecule has 0 spiro atoms. The average Bonchev–Trinajstić information content (AvgIpc) is 2.96. The van der Waals surface area contributed by atoms with Crippen LogP contribution in [0.1, 0.15) is 9.67 Å². The minimum absolute atomic E-state index is 0.224. The van der Waals surface area contributed by atoms with E-state index in [1.807, 2.05) is 0 Å². The number of anilines is 1. The molecule has 3 aromatic rings. The molecule has 0 atom stereocenters. The van der Waals surface area contributed by atoms with E-state index in [1.165, 1.54) is 7.11 Å². The van der Waals surface area contributed by atoms with Gasteiger partial charge < -0.3 is 15.4 Å². The lowest BCUT2D eigenvalue weighted by atomic mass is 10.2. The van der Waals surface area contributed by atoms with Gasteiger partial charge in [0, 0.05) is 20.8 Å². The van der Waals surface area contributed by atoms with Gasteiger partial charge in [0.15, 0.2) is 0 Å². The van der Waals surface area contributed by atoms with Crippen molar-refractivity contribution >= 4 is 85.3 Å². The minimum atomic E-state index is -0.485. The maximum atomic E-state index is 12.4. The molecule has 5 nitrogen and oxygen atoms in total. The normalized spacial score (nSPS) is 10.8. The Morgan fingerprint density at radius 3 is 2.50 bits per heavy atom. The fraction of sp³-hybridized carbons (Fsp3) is 0.111. The summed E-state index contributed by atoms with van der Waals surface area (Å²) >= 11 is 25.6. The summed E-state index contributed by atoms with van der Waals surface area (Å²) in [7, 11) is 1.50. The third-order valence-corrected chi connectivity index (χ3v) is 6.14. The maximum Gasteiger partial charge on any atom is 0.263 e. The first-order chi connectivity index (χ1) is 13.3. The number of rotatable bonds is 5. The topological polar surface area (TPSA) is 67.4 Å². The van der Waals surface area contributed by atoms with Crippen LogP contribution in [0.2, 0.25) is 20.1 Å². The fourth-order valence-corrected chi connectivity index (χ4v) is 5.00. The van der Waals surface area contributed by atoms with Crippen LogP contribution in [0.4, 0.5) is 5.69 Å². The van der Waals surface area contributed by atoms with Crippen LogP contribution in [-0.2, 0) is 4.79 Å². The van der Waals surface area contributed by atoms with Gasteiger partial charge in [-0.2, -0.15) is 0 Å². The van der Waals surface area contributed by atoms with Crippen molar-refractivity contribution < 1.29 is 14.3 Å². The molecule has 2 amide bonds. The van der Waals surface area contributed by atoms with Crippen LogP contribution < -0.4 is 15.4 Å². The summed E-state index contributed by atoms with van der Waals surface area (Å²) in [5.41, 5.74) is 0.478. The molecular weight excluding hydrogens is 466 g/mol. The van der Waals surface area contributed by atoms with Crippen molar-refractivity contribution in [1.29, 1.82) is 0 Å². The lowest BCUT2D eigenvalue weighted by Gasteiger charge is -2.08. The summed E-state index contributed by atoms with van der Waals surface area (Å²) in [6.07, 6.45) is 0. The van der Waals surface area contributed by atoms with Gasteiger partial charge in [-0.05, 0) is 30.3 Å². The Labute approximate surface area is 184 Å². The van der Waals surface area contributed by atoms with E-state index >= 15 is 0 Å². The molecule has 0 bridgehead atoms. The third kappa shape index (κ3) is 4.47. The number of benzene rings is 2. The zero-order chi connectivity index (χ0) is 20.4. The Kier molecular flexibility index (Phi) is 6.58. The molecule has 0 aliphatic heterocycles. The van der Waals surface area contributed by atoms with E-state index in [1.54, 1.807) is 30.3 Å². The number of nitrogens with one attached hydrogen (secondary N) is 2. The average molecular weight is 478 g/mol. The van der Waals surface area contributed by atoms with Gasteiger partial charge in [-0.1, -0.05) is 46.4 Å². The predicted molar refractivity (Wildman–Crippen MR) is 116 cm³/mol. The van der Waals surface area contributed by atoms with Crippen molar-refractivity contribution in [1.82, 2.24) is 5.32 Å². The zero-order valence-corrected chi connectivity index (χ0v) is 18.1. The molecule has 0 saturated heterocycles. The summed E-state index contributed by atoms with van der Waals surface area (Å²) < 4.78 is 5.74. The molecule has 0 saturated carbocycles. The molecule has 0 unspecified atom stereocenters. The first-order valence-electron chi connectivity index (χ1n) is 7.78. The highest BCUT2D eigenvalue weighted by molar-refractivity contribution is 7.21. The Morgan fingerprint density at radius 2 is 1.82 bits per heavy atom. The second kappa shape index (κ2) is 8.76. The fourth-order valence-electron chi connectivity index (χ4n) is 2.45. The molecule has 1 aromatic heterocycles. The van der Waals surface area contributed by atoms with Gasteiger partial charge in [0.25, 0.3) is 5.91 Å². The van der Waals surface area contributed by atoms with Gasteiger partial charge in [-0.15, -0.1) is 11.3 Å².